The van der Waals surface area contributed by atoms with E-state index in [4.69, 9.17) is 15.5 Å². The molecule has 3 N–H and O–H groups in total. The van der Waals surface area contributed by atoms with E-state index < -0.39 is 10.0 Å². The first-order valence-electron chi connectivity index (χ1n) is 12.8. The zero-order valence-corrected chi connectivity index (χ0v) is 22.8. The van der Waals surface area contributed by atoms with Crippen molar-refractivity contribution in [3.8, 4) is 0 Å². The predicted octanol–water partition coefficient (Wildman–Crippen LogP) is 3.87. The molecule has 0 aliphatic carbocycles. The van der Waals surface area contributed by atoms with Crippen LogP contribution < -0.4 is 15.4 Å². The average Bonchev–Trinajstić information content (AvgIpc) is 3.23. The summed E-state index contributed by atoms with van der Waals surface area (Å²) in [4.78, 5) is 16.7. The number of fused-ring (bicyclic) bond motifs is 1. The highest BCUT2D eigenvalue weighted by Crippen LogP contribution is 2.32. The maximum atomic E-state index is 13.6. The number of nitrogens with one attached hydrogen (secondary N) is 1. The van der Waals surface area contributed by atoms with Gasteiger partial charge in [-0.05, 0) is 68.1 Å². The van der Waals surface area contributed by atoms with E-state index in [0.717, 1.165) is 49.5 Å². The molecular weight excluding hydrogens is 490 g/mol. The maximum absolute atomic E-state index is 13.6. The number of nitrogens with zero attached hydrogens (tertiary/aromatic N) is 3. The van der Waals surface area contributed by atoms with Crippen molar-refractivity contribution in [1.29, 1.82) is 0 Å². The highest BCUT2D eigenvalue weighted by atomic mass is 32.2. The Morgan fingerprint density at radius 3 is 2.43 bits per heavy atom. The van der Waals surface area contributed by atoms with E-state index in [1.165, 1.54) is 16.4 Å². The maximum Gasteiger partial charge on any atom is 0.264 e. The van der Waals surface area contributed by atoms with Gasteiger partial charge >= 0.3 is 0 Å². The van der Waals surface area contributed by atoms with Gasteiger partial charge in [-0.25, -0.2) is 13.4 Å². The van der Waals surface area contributed by atoms with Gasteiger partial charge in [0.25, 0.3) is 10.0 Å². The van der Waals surface area contributed by atoms with Crippen LogP contribution in [0.4, 0.5) is 11.4 Å². The standard InChI is InChI=1S/C27H37N5O4S/c1-5-32(37(34,35)22-9-6-20(7-10-22)29-25(33)17-28)21-8-11-24-23(16-21)30-26(27(2,3)4)31(24)18-19-12-14-36-15-13-19/h6-11,16,19H,5,12-15,17-18,28H2,1-4H3,(H,29,33). The molecule has 10 heteroatoms. The molecule has 37 heavy (non-hydrogen) atoms. The third-order valence-corrected chi connectivity index (χ3v) is 8.59. The van der Waals surface area contributed by atoms with Crippen molar-refractivity contribution in [2.45, 2.75) is 57.4 Å². The van der Waals surface area contributed by atoms with Crippen molar-refractivity contribution in [1.82, 2.24) is 9.55 Å². The van der Waals surface area contributed by atoms with Gasteiger partial charge in [0, 0.05) is 37.4 Å². The van der Waals surface area contributed by atoms with Gasteiger partial charge in [-0.2, -0.15) is 0 Å². The summed E-state index contributed by atoms with van der Waals surface area (Å²) in [5, 5.41) is 2.62. The molecule has 9 nitrogen and oxygen atoms in total. The summed E-state index contributed by atoms with van der Waals surface area (Å²) in [5.74, 6) is 1.18. The Kier molecular flexibility index (Phi) is 7.91. The second kappa shape index (κ2) is 10.8. The number of carbonyl (C=O) groups excluding carboxylic acids is 1. The molecule has 0 spiro atoms. The quantitative estimate of drug-likeness (QED) is 0.459. The Bertz CT molecular complexity index is 1350. The van der Waals surface area contributed by atoms with Crippen LogP contribution in [-0.4, -0.2) is 50.2 Å². The van der Waals surface area contributed by atoms with Crippen molar-refractivity contribution in [3.05, 3.63) is 48.3 Å². The van der Waals surface area contributed by atoms with E-state index in [2.05, 4.69) is 30.7 Å². The number of benzene rings is 2. The molecule has 1 saturated heterocycles. The highest BCUT2D eigenvalue weighted by Gasteiger charge is 2.28. The second-order valence-electron chi connectivity index (χ2n) is 10.5. The van der Waals surface area contributed by atoms with Crippen LogP contribution in [0.2, 0.25) is 0 Å². The SMILES string of the molecule is CCN(c1ccc2c(c1)nc(C(C)(C)C)n2CC1CCOCC1)S(=O)(=O)c1ccc(NC(=O)CN)cc1. The molecule has 200 valence electrons. The molecule has 2 heterocycles. The van der Waals surface area contributed by atoms with Gasteiger partial charge in [0.1, 0.15) is 5.82 Å². The van der Waals surface area contributed by atoms with Crippen LogP contribution in [0.5, 0.6) is 0 Å². The summed E-state index contributed by atoms with van der Waals surface area (Å²) < 4.78 is 36.4. The monoisotopic (exact) mass is 527 g/mol. The molecule has 3 aromatic rings. The summed E-state index contributed by atoms with van der Waals surface area (Å²) in [5.41, 5.74) is 8.01. The summed E-state index contributed by atoms with van der Waals surface area (Å²) in [6.07, 6.45) is 2.05. The lowest BCUT2D eigenvalue weighted by Crippen LogP contribution is -2.30. The third-order valence-electron chi connectivity index (χ3n) is 6.67. The van der Waals surface area contributed by atoms with Crippen molar-refractivity contribution < 1.29 is 17.9 Å². The van der Waals surface area contributed by atoms with E-state index in [0.29, 0.717) is 17.3 Å². The van der Waals surface area contributed by atoms with E-state index in [9.17, 15) is 13.2 Å². The van der Waals surface area contributed by atoms with Gasteiger partial charge < -0.3 is 20.4 Å². The fraction of sp³-hybridized carbons (Fsp3) is 0.481. The minimum Gasteiger partial charge on any atom is -0.381 e. The summed E-state index contributed by atoms with van der Waals surface area (Å²) in [6.45, 7) is 10.8. The Morgan fingerprint density at radius 1 is 1.16 bits per heavy atom. The third kappa shape index (κ3) is 5.81. The molecule has 1 fully saturated rings. The van der Waals surface area contributed by atoms with Gasteiger partial charge in [0.05, 0.1) is 28.2 Å². The molecule has 2 aromatic carbocycles. The van der Waals surface area contributed by atoms with E-state index >= 15 is 0 Å². The number of hydrogen-bond acceptors (Lipinski definition) is 6. The number of nitrogens with two attached hydrogens (primary N) is 1. The zero-order chi connectivity index (χ0) is 26.8. The molecule has 1 aliphatic rings. The first-order chi connectivity index (χ1) is 17.5. The van der Waals surface area contributed by atoms with Crippen LogP contribution in [-0.2, 0) is 31.5 Å². The summed E-state index contributed by atoms with van der Waals surface area (Å²) in [6, 6.07) is 11.8. The van der Waals surface area contributed by atoms with Gasteiger partial charge in [0.2, 0.25) is 5.91 Å². The number of ether oxygens (including phenoxy) is 1. The Labute approximate surface area is 219 Å². The zero-order valence-electron chi connectivity index (χ0n) is 22.0. The fourth-order valence-electron chi connectivity index (χ4n) is 4.76. The van der Waals surface area contributed by atoms with Crippen molar-refractivity contribution in [2.24, 2.45) is 11.7 Å². The number of sulfonamides is 1. The number of hydrogen-bond donors (Lipinski definition) is 2. The first-order valence-corrected chi connectivity index (χ1v) is 14.2. The number of aromatic nitrogens is 2. The van der Waals surface area contributed by atoms with Gasteiger partial charge in [-0.1, -0.05) is 20.8 Å². The number of imidazole rings is 1. The minimum atomic E-state index is -3.83. The van der Waals surface area contributed by atoms with E-state index in [1.54, 1.807) is 12.1 Å². The Morgan fingerprint density at radius 2 is 1.84 bits per heavy atom. The lowest BCUT2D eigenvalue weighted by Gasteiger charge is -2.26. The van der Waals surface area contributed by atoms with Gasteiger partial charge in [-0.3, -0.25) is 9.10 Å². The lowest BCUT2D eigenvalue weighted by molar-refractivity contribution is -0.114. The van der Waals surface area contributed by atoms with Crippen molar-refractivity contribution in [2.75, 3.05) is 35.9 Å². The molecule has 1 aromatic heterocycles. The van der Waals surface area contributed by atoms with Crippen LogP contribution >= 0.6 is 0 Å². The van der Waals surface area contributed by atoms with Crippen LogP contribution in [0, 0.1) is 5.92 Å². The minimum absolute atomic E-state index is 0.139. The van der Waals surface area contributed by atoms with Crippen LogP contribution in [0.1, 0.15) is 46.4 Å². The molecule has 1 aliphatic heterocycles. The number of amides is 1. The van der Waals surface area contributed by atoms with Gasteiger partial charge in [-0.15, -0.1) is 0 Å². The Hall–Kier alpha value is -2.95. The molecule has 0 radical (unpaired) electrons. The molecular formula is C27H37N5O4S. The summed E-state index contributed by atoms with van der Waals surface area (Å²) >= 11 is 0. The molecule has 0 bridgehead atoms. The van der Waals surface area contributed by atoms with E-state index in [-0.39, 0.29) is 29.3 Å². The number of carbonyl (C=O) groups is 1. The lowest BCUT2D eigenvalue weighted by atomic mass is 9.94. The number of anilines is 2. The van der Waals surface area contributed by atoms with Gasteiger partial charge in [0.15, 0.2) is 0 Å². The predicted molar refractivity (Wildman–Crippen MR) is 146 cm³/mol. The van der Waals surface area contributed by atoms with Crippen LogP contribution in [0.15, 0.2) is 47.4 Å². The smallest absolute Gasteiger partial charge is 0.264 e. The molecule has 0 saturated carbocycles. The molecule has 0 unspecified atom stereocenters. The average molecular weight is 528 g/mol. The molecule has 0 atom stereocenters. The molecule has 1 amide bonds. The highest BCUT2D eigenvalue weighted by molar-refractivity contribution is 7.92. The van der Waals surface area contributed by atoms with E-state index in [1.807, 2.05) is 25.1 Å². The van der Waals surface area contributed by atoms with Crippen molar-refractivity contribution in [3.63, 3.8) is 0 Å². The number of rotatable bonds is 8. The molecule has 4 rings (SSSR count). The topological polar surface area (TPSA) is 120 Å². The van der Waals surface area contributed by atoms with Crippen LogP contribution in [0.3, 0.4) is 0 Å². The fourth-order valence-corrected chi connectivity index (χ4v) is 6.22. The van der Waals surface area contributed by atoms with Crippen LogP contribution in [0.25, 0.3) is 11.0 Å². The normalized spacial score (nSPS) is 15.2. The largest absolute Gasteiger partial charge is 0.381 e. The Balaban J connectivity index is 1.68. The second-order valence-corrected chi connectivity index (χ2v) is 12.3. The first kappa shape index (κ1) is 27.1. The van der Waals surface area contributed by atoms with Crippen molar-refractivity contribution >= 4 is 38.3 Å². The summed E-state index contributed by atoms with van der Waals surface area (Å²) in [7, 11) is -3.83.